The first-order valence-corrected chi connectivity index (χ1v) is 7.04. The topological polar surface area (TPSA) is 47.0 Å². The van der Waals surface area contributed by atoms with Gasteiger partial charge in [-0.25, -0.2) is 0 Å². The number of ether oxygens (including phenoxy) is 1. The summed E-state index contributed by atoms with van der Waals surface area (Å²) in [5.74, 6) is 1.36. The Kier molecular flexibility index (Phi) is 5.39. The Labute approximate surface area is 109 Å². The second-order valence-electron chi connectivity index (χ2n) is 4.96. The molecule has 0 atom stereocenters. The monoisotopic (exact) mass is 249 g/mol. The molecule has 4 heteroatoms. The van der Waals surface area contributed by atoms with Crippen molar-refractivity contribution in [2.45, 2.75) is 45.6 Å². The highest BCUT2D eigenvalue weighted by molar-refractivity contribution is 5.11. The van der Waals surface area contributed by atoms with Gasteiger partial charge in [0.05, 0.1) is 12.3 Å². The van der Waals surface area contributed by atoms with E-state index in [-0.39, 0.29) is 0 Å². The lowest BCUT2D eigenvalue weighted by atomic mass is 9.90. The normalized spacial score (nSPS) is 16.7. The van der Waals surface area contributed by atoms with E-state index >= 15 is 0 Å². The summed E-state index contributed by atoms with van der Waals surface area (Å²) in [6.07, 6.45) is 6.68. The predicted molar refractivity (Wildman–Crippen MR) is 71.5 cm³/mol. The molecule has 1 heterocycles. The van der Waals surface area contributed by atoms with Gasteiger partial charge in [0.25, 0.3) is 0 Å². The van der Waals surface area contributed by atoms with Crippen molar-refractivity contribution >= 4 is 0 Å². The molecular weight excluding hydrogens is 226 g/mol. The molecule has 4 nitrogen and oxygen atoms in total. The Morgan fingerprint density at radius 2 is 2.06 bits per heavy atom. The van der Waals surface area contributed by atoms with E-state index < -0.39 is 0 Å². The molecule has 0 radical (unpaired) electrons. The Morgan fingerprint density at radius 3 is 2.72 bits per heavy atom. The summed E-state index contributed by atoms with van der Waals surface area (Å²) in [5.41, 5.74) is 0.960. The van der Waals surface area contributed by atoms with Crippen molar-refractivity contribution in [3.63, 3.8) is 0 Å². The van der Waals surface area contributed by atoms with Crippen LogP contribution in [0.5, 0.6) is 5.88 Å². The van der Waals surface area contributed by atoms with Crippen molar-refractivity contribution in [1.29, 1.82) is 0 Å². The minimum absolute atomic E-state index is 0.654. The van der Waals surface area contributed by atoms with Gasteiger partial charge >= 0.3 is 0 Å². The van der Waals surface area contributed by atoms with E-state index in [1.807, 2.05) is 12.1 Å². The number of nitrogens with one attached hydrogen (secondary N) is 1. The van der Waals surface area contributed by atoms with Crippen molar-refractivity contribution in [1.82, 2.24) is 15.5 Å². The predicted octanol–water partition coefficient (Wildman–Crippen LogP) is 2.55. The second kappa shape index (κ2) is 7.31. The summed E-state index contributed by atoms with van der Waals surface area (Å²) >= 11 is 0. The summed E-state index contributed by atoms with van der Waals surface area (Å²) in [7, 11) is 0. The third kappa shape index (κ3) is 4.26. The van der Waals surface area contributed by atoms with Gasteiger partial charge in [-0.05, 0) is 31.4 Å². The van der Waals surface area contributed by atoms with Crippen LogP contribution in [0.15, 0.2) is 12.1 Å². The van der Waals surface area contributed by atoms with Gasteiger partial charge in [0.15, 0.2) is 0 Å². The van der Waals surface area contributed by atoms with E-state index in [9.17, 15) is 0 Å². The van der Waals surface area contributed by atoms with Gasteiger partial charge in [-0.1, -0.05) is 26.2 Å². The minimum atomic E-state index is 0.654. The third-order valence-electron chi connectivity index (χ3n) is 3.44. The molecule has 0 amide bonds. The molecule has 0 aromatic carbocycles. The van der Waals surface area contributed by atoms with E-state index in [1.54, 1.807) is 0 Å². The van der Waals surface area contributed by atoms with Crippen molar-refractivity contribution in [2.75, 3.05) is 13.2 Å². The molecule has 0 aliphatic heterocycles. The smallest absolute Gasteiger partial charge is 0.233 e. The van der Waals surface area contributed by atoms with Crippen LogP contribution in [0, 0.1) is 5.92 Å². The van der Waals surface area contributed by atoms with Gasteiger partial charge in [-0.2, -0.15) is 5.10 Å². The van der Waals surface area contributed by atoms with E-state index in [1.165, 1.54) is 32.1 Å². The second-order valence-corrected chi connectivity index (χ2v) is 4.96. The molecule has 0 saturated heterocycles. The molecule has 0 bridgehead atoms. The highest BCUT2D eigenvalue weighted by atomic mass is 16.5. The number of hydrogen-bond donors (Lipinski definition) is 1. The molecule has 2 rings (SSSR count). The lowest BCUT2D eigenvalue weighted by Gasteiger charge is -2.21. The van der Waals surface area contributed by atoms with Crippen LogP contribution in [0.25, 0.3) is 0 Å². The van der Waals surface area contributed by atoms with Crippen LogP contribution < -0.4 is 10.1 Å². The van der Waals surface area contributed by atoms with Gasteiger partial charge in [-0.15, -0.1) is 5.10 Å². The molecule has 0 unspecified atom stereocenters. The molecule has 1 aliphatic rings. The summed E-state index contributed by atoms with van der Waals surface area (Å²) < 4.78 is 5.71. The Hall–Kier alpha value is -1.16. The quantitative estimate of drug-likeness (QED) is 0.841. The first-order chi connectivity index (χ1) is 8.88. The van der Waals surface area contributed by atoms with Gasteiger partial charge in [-0.3, -0.25) is 0 Å². The molecule has 1 aromatic heterocycles. The summed E-state index contributed by atoms with van der Waals surface area (Å²) in [4.78, 5) is 0. The van der Waals surface area contributed by atoms with Crippen LogP contribution in [0.1, 0.15) is 44.7 Å². The SMILES string of the molecule is CCNCc1ccc(OCC2CCCCC2)nn1. The summed E-state index contributed by atoms with van der Waals surface area (Å²) in [6.45, 7) is 4.59. The largest absolute Gasteiger partial charge is 0.476 e. The zero-order valence-electron chi connectivity index (χ0n) is 11.2. The van der Waals surface area contributed by atoms with Crippen molar-refractivity contribution < 1.29 is 4.74 Å². The molecule has 1 saturated carbocycles. The number of hydrogen-bond acceptors (Lipinski definition) is 4. The van der Waals surface area contributed by atoms with E-state index in [0.29, 0.717) is 11.8 Å². The Bertz CT molecular complexity index is 333. The fourth-order valence-electron chi connectivity index (χ4n) is 2.33. The van der Waals surface area contributed by atoms with Crippen LogP contribution in [0.2, 0.25) is 0 Å². The van der Waals surface area contributed by atoms with Crippen molar-refractivity contribution in [3.05, 3.63) is 17.8 Å². The lowest BCUT2D eigenvalue weighted by Crippen LogP contribution is -2.16. The van der Waals surface area contributed by atoms with Crippen molar-refractivity contribution in [2.24, 2.45) is 5.92 Å². The molecule has 1 fully saturated rings. The van der Waals surface area contributed by atoms with Gasteiger partial charge in [0, 0.05) is 12.6 Å². The molecule has 0 spiro atoms. The Morgan fingerprint density at radius 1 is 1.22 bits per heavy atom. The van der Waals surface area contributed by atoms with Gasteiger partial charge < -0.3 is 10.1 Å². The summed E-state index contributed by atoms with van der Waals surface area (Å²) in [5, 5.41) is 11.5. The minimum Gasteiger partial charge on any atom is -0.476 e. The van der Waals surface area contributed by atoms with Crippen LogP contribution in [0.3, 0.4) is 0 Å². The maximum absolute atomic E-state index is 5.71. The zero-order valence-corrected chi connectivity index (χ0v) is 11.2. The fourth-order valence-corrected chi connectivity index (χ4v) is 2.33. The maximum Gasteiger partial charge on any atom is 0.233 e. The molecule has 18 heavy (non-hydrogen) atoms. The fraction of sp³-hybridized carbons (Fsp3) is 0.714. The third-order valence-corrected chi connectivity index (χ3v) is 3.44. The van der Waals surface area contributed by atoms with E-state index in [0.717, 1.165) is 25.4 Å². The first kappa shape index (κ1) is 13.3. The van der Waals surface area contributed by atoms with Crippen LogP contribution in [0.4, 0.5) is 0 Å². The van der Waals surface area contributed by atoms with Crippen LogP contribution in [-0.4, -0.2) is 23.3 Å². The zero-order chi connectivity index (χ0) is 12.6. The Balaban J connectivity index is 1.75. The summed E-state index contributed by atoms with van der Waals surface area (Å²) in [6, 6.07) is 3.90. The number of aromatic nitrogens is 2. The molecule has 1 aromatic rings. The average molecular weight is 249 g/mol. The lowest BCUT2D eigenvalue weighted by molar-refractivity contribution is 0.201. The highest BCUT2D eigenvalue weighted by Crippen LogP contribution is 2.24. The van der Waals surface area contributed by atoms with Gasteiger partial charge in [0.1, 0.15) is 0 Å². The highest BCUT2D eigenvalue weighted by Gasteiger charge is 2.14. The molecule has 1 aliphatic carbocycles. The molecule has 100 valence electrons. The number of nitrogens with zero attached hydrogens (tertiary/aromatic N) is 2. The molecular formula is C14H23N3O. The number of rotatable bonds is 6. The molecule has 1 N–H and O–H groups in total. The van der Waals surface area contributed by atoms with E-state index in [4.69, 9.17) is 4.74 Å². The first-order valence-electron chi connectivity index (χ1n) is 7.04. The van der Waals surface area contributed by atoms with Gasteiger partial charge in [0.2, 0.25) is 5.88 Å². The van der Waals surface area contributed by atoms with Crippen LogP contribution >= 0.6 is 0 Å². The maximum atomic E-state index is 5.71. The van der Waals surface area contributed by atoms with Crippen LogP contribution in [-0.2, 0) is 6.54 Å². The van der Waals surface area contributed by atoms with Crippen molar-refractivity contribution in [3.8, 4) is 5.88 Å². The standard InChI is InChI=1S/C14H23N3O/c1-2-15-10-13-8-9-14(17-16-13)18-11-12-6-4-3-5-7-12/h8-9,12,15H,2-7,10-11H2,1H3. The van der Waals surface area contributed by atoms with E-state index in [2.05, 4.69) is 22.4 Å². The average Bonchev–Trinajstić information content (AvgIpc) is 2.45.